The normalized spacial score (nSPS) is 8.53. The van der Waals surface area contributed by atoms with Crippen LogP contribution >= 0.6 is 0 Å². The Balaban J connectivity index is 0.000000921. The van der Waals surface area contributed by atoms with E-state index in [9.17, 15) is 0 Å². The molecule has 1 rings (SSSR count). The SMILES string of the molecule is C=CCc1ccc(OC)c(OC)c1.CC. The second-order valence-electron chi connectivity index (χ2n) is 2.68. The zero-order chi connectivity index (χ0) is 11.7. The predicted octanol–water partition coefficient (Wildman–Crippen LogP) is 3.46. The summed E-state index contributed by atoms with van der Waals surface area (Å²) in [5.41, 5.74) is 1.17. The second-order valence-corrected chi connectivity index (χ2v) is 2.68. The summed E-state index contributed by atoms with van der Waals surface area (Å²) in [6, 6.07) is 5.86. The van der Waals surface area contributed by atoms with Crippen molar-refractivity contribution in [3.05, 3.63) is 36.4 Å². The maximum Gasteiger partial charge on any atom is 0.160 e. The molecule has 2 nitrogen and oxygen atoms in total. The summed E-state index contributed by atoms with van der Waals surface area (Å²) < 4.78 is 10.3. The van der Waals surface area contributed by atoms with Gasteiger partial charge in [-0.2, -0.15) is 0 Å². The molecule has 0 aliphatic rings. The molecule has 0 amide bonds. The fraction of sp³-hybridized carbons (Fsp3) is 0.385. The third-order valence-electron chi connectivity index (χ3n) is 1.83. The second kappa shape index (κ2) is 7.92. The van der Waals surface area contributed by atoms with E-state index in [0.717, 1.165) is 17.9 Å². The van der Waals surface area contributed by atoms with Gasteiger partial charge in [0.25, 0.3) is 0 Å². The van der Waals surface area contributed by atoms with Crippen molar-refractivity contribution in [2.45, 2.75) is 20.3 Å². The van der Waals surface area contributed by atoms with E-state index in [0.29, 0.717) is 0 Å². The standard InChI is InChI=1S/C11H14O2.C2H6/c1-4-5-9-6-7-10(12-2)11(8-9)13-3;1-2/h4,6-8H,1,5H2,2-3H3;1-2H3. The van der Waals surface area contributed by atoms with Crippen LogP contribution in [-0.4, -0.2) is 14.2 Å². The van der Waals surface area contributed by atoms with Crippen molar-refractivity contribution in [3.63, 3.8) is 0 Å². The minimum atomic E-state index is 0.760. The largest absolute Gasteiger partial charge is 0.493 e. The summed E-state index contributed by atoms with van der Waals surface area (Å²) in [4.78, 5) is 0. The Morgan fingerprint density at radius 1 is 1.13 bits per heavy atom. The average Bonchev–Trinajstić information content (AvgIpc) is 2.32. The Morgan fingerprint density at radius 3 is 2.20 bits per heavy atom. The van der Waals surface area contributed by atoms with Gasteiger partial charge in [-0.15, -0.1) is 6.58 Å². The fourth-order valence-corrected chi connectivity index (χ4v) is 1.17. The highest BCUT2D eigenvalue weighted by atomic mass is 16.5. The molecule has 0 atom stereocenters. The van der Waals surface area contributed by atoms with Gasteiger partial charge in [0.1, 0.15) is 0 Å². The van der Waals surface area contributed by atoms with Crippen molar-refractivity contribution in [3.8, 4) is 11.5 Å². The third-order valence-corrected chi connectivity index (χ3v) is 1.83. The van der Waals surface area contributed by atoms with Crippen LogP contribution in [0.1, 0.15) is 19.4 Å². The van der Waals surface area contributed by atoms with Gasteiger partial charge in [-0.1, -0.05) is 26.0 Å². The number of ether oxygens (including phenoxy) is 2. The number of rotatable bonds is 4. The molecule has 0 aromatic heterocycles. The lowest BCUT2D eigenvalue weighted by atomic mass is 10.1. The lowest BCUT2D eigenvalue weighted by Crippen LogP contribution is -1.91. The number of allylic oxidation sites excluding steroid dienone is 1. The van der Waals surface area contributed by atoms with E-state index in [2.05, 4.69) is 6.58 Å². The molecular weight excluding hydrogens is 188 g/mol. The summed E-state index contributed by atoms with van der Waals surface area (Å²) in [5, 5.41) is 0. The molecule has 2 heteroatoms. The summed E-state index contributed by atoms with van der Waals surface area (Å²) in [6.07, 6.45) is 2.71. The summed E-state index contributed by atoms with van der Waals surface area (Å²) >= 11 is 0. The van der Waals surface area contributed by atoms with E-state index in [1.54, 1.807) is 14.2 Å². The van der Waals surface area contributed by atoms with Gasteiger partial charge < -0.3 is 9.47 Å². The smallest absolute Gasteiger partial charge is 0.160 e. The zero-order valence-corrected chi connectivity index (χ0v) is 10.0. The van der Waals surface area contributed by atoms with Crippen molar-refractivity contribution in [2.75, 3.05) is 14.2 Å². The zero-order valence-electron chi connectivity index (χ0n) is 10.0. The lowest BCUT2D eigenvalue weighted by Gasteiger charge is -2.08. The lowest BCUT2D eigenvalue weighted by molar-refractivity contribution is 0.354. The topological polar surface area (TPSA) is 18.5 Å². The van der Waals surface area contributed by atoms with Crippen molar-refractivity contribution in [2.24, 2.45) is 0 Å². The number of hydrogen-bond donors (Lipinski definition) is 0. The molecule has 84 valence electrons. The minimum absolute atomic E-state index is 0.760. The van der Waals surface area contributed by atoms with Crippen LogP contribution in [0.15, 0.2) is 30.9 Å². The predicted molar refractivity (Wildman–Crippen MR) is 64.8 cm³/mol. The van der Waals surface area contributed by atoms with Gasteiger partial charge in [0.05, 0.1) is 14.2 Å². The molecule has 0 spiro atoms. The first kappa shape index (κ1) is 13.6. The highest BCUT2D eigenvalue weighted by Gasteiger charge is 2.02. The molecule has 0 unspecified atom stereocenters. The van der Waals surface area contributed by atoms with Crippen molar-refractivity contribution >= 4 is 0 Å². The Bertz CT molecular complexity index is 293. The van der Waals surface area contributed by atoms with Crippen LogP contribution in [0, 0.1) is 0 Å². The quantitative estimate of drug-likeness (QED) is 0.705. The van der Waals surface area contributed by atoms with E-state index in [-0.39, 0.29) is 0 Å². The summed E-state index contributed by atoms with van der Waals surface area (Å²) in [7, 11) is 3.26. The van der Waals surface area contributed by atoms with Crippen LogP contribution in [0.25, 0.3) is 0 Å². The molecule has 0 radical (unpaired) electrons. The molecule has 0 aliphatic heterocycles. The van der Waals surface area contributed by atoms with Crippen molar-refractivity contribution < 1.29 is 9.47 Å². The Labute approximate surface area is 92.5 Å². The van der Waals surface area contributed by atoms with Crippen LogP contribution in [-0.2, 0) is 6.42 Å². The summed E-state index contributed by atoms with van der Waals surface area (Å²) in [5.74, 6) is 1.53. The van der Waals surface area contributed by atoms with E-state index >= 15 is 0 Å². The molecule has 0 aliphatic carbocycles. The molecule has 0 saturated heterocycles. The molecule has 0 N–H and O–H groups in total. The highest BCUT2D eigenvalue weighted by molar-refractivity contribution is 5.43. The van der Waals surface area contributed by atoms with E-state index in [1.165, 1.54) is 5.56 Å². The van der Waals surface area contributed by atoms with E-state index in [1.807, 2.05) is 38.1 Å². The monoisotopic (exact) mass is 208 g/mol. The van der Waals surface area contributed by atoms with E-state index < -0.39 is 0 Å². The maximum atomic E-state index is 5.16. The van der Waals surface area contributed by atoms with E-state index in [4.69, 9.17) is 9.47 Å². The molecular formula is C13H20O2. The van der Waals surface area contributed by atoms with Gasteiger partial charge in [-0.05, 0) is 24.1 Å². The molecule has 0 heterocycles. The molecule has 1 aromatic carbocycles. The van der Waals surface area contributed by atoms with Gasteiger partial charge in [0, 0.05) is 0 Å². The molecule has 0 bridgehead atoms. The van der Waals surface area contributed by atoms with Crippen LogP contribution < -0.4 is 9.47 Å². The van der Waals surface area contributed by atoms with Crippen molar-refractivity contribution in [1.29, 1.82) is 0 Å². The third kappa shape index (κ3) is 4.07. The minimum Gasteiger partial charge on any atom is -0.493 e. The van der Waals surface area contributed by atoms with Gasteiger partial charge in [0.15, 0.2) is 11.5 Å². The maximum absolute atomic E-state index is 5.16. The molecule has 1 aromatic rings. The first-order valence-electron chi connectivity index (χ1n) is 5.13. The van der Waals surface area contributed by atoms with Gasteiger partial charge in [-0.3, -0.25) is 0 Å². The number of hydrogen-bond acceptors (Lipinski definition) is 2. The molecule has 15 heavy (non-hydrogen) atoms. The summed E-state index contributed by atoms with van der Waals surface area (Å²) in [6.45, 7) is 7.68. The number of methoxy groups -OCH3 is 2. The Kier molecular flexibility index (Phi) is 7.16. The Morgan fingerprint density at radius 2 is 1.73 bits per heavy atom. The Hall–Kier alpha value is -1.44. The van der Waals surface area contributed by atoms with Crippen LogP contribution in [0.2, 0.25) is 0 Å². The first-order valence-corrected chi connectivity index (χ1v) is 5.13. The van der Waals surface area contributed by atoms with Gasteiger partial charge in [0.2, 0.25) is 0 Å². The fourth-order valence-electron chi connectivity index (χ4n) is 1.17. The van der Waals surface area contributed by atoms with Gasteiger partial charge in [-0.25, -0.2) is 0 Å². The first-order chi connectivity index (χ1) is 7.31. The van der Waals surface area contributed by atoms with Crippen LogP contribution in [0.5, 0.6) is 11.5 Å². The number of benzene rings is 1. The van der Waals surface area contributed by atoms with Crippen LogP contribution in [0.4, 0.5) is 0 Å². The van der Waals surface area contributed by atoms with Crippen LogP contribution in [0.3, 0.4) is 0 Å². The molecule has 0 saturated carbocycles. The van der Waals surface area contributed by atoms with Gasteiger partial charge >= 0.3 is 0 Å². The molecule has 0 fully saturated rings. The van der Waals surface area contributed by atoms with Crippen molar-refractivity contribution in [1.82, 2.24) is 0 Å². The highest BCUT2D eigenvalue weighted by Crippen LogP contribution is 2.27. The average molecular weight is 208 g/mol.